The van der Waals surface area contributed by atoms with Crippen LogP contribution in [-0.2, 0) is 0 Å². The molecular formula is C19H24N2O. The lowest BCUT2D eigenvalue weighted by molar-refractivity contribution is 0.112. The summed E-state index contributed by atoms with van der Waals surface area (Å²) in [6.07, 6.45) is 5.80. The van der Waals surface area contributed by atoms with E-state index in [0.717, 1.165) is 36.9 Å². The topological polar surface area (TPSA) is 32.1 Å². The summed E-state index contributed by atoms with van der Waals surface area (Å²) in [4.78, 5) is 13.5. The van der Waals surface area contributed by atoms with Crippen LogP contribution < -0.4 is 5.32 Å². The highest BCUT2D eigenvalue weighted by atomic mass is 16.1. The highest BCUT2D eigenvalue weighted by molar-refractivity contribution is 5.74. The maximum atomic E-state index is 10.8. The van der Waals surface area contributed by atoms with Crippen molar-refractivity contribution in [2.75, 3.05) is 13.1 Å². The zero-order chi connectivity index (χ0) is 15.3. The lowest BCUT2D eigenvalue weighted by atomic mass is 9.75. The number of aldehydes is 1. The molecule has 4 bridgehead atoms. The van der Waals surface area contributed by atoms with Crippen molar-refractivity contribution in [1.29, 1.82) is 0 Å². The number of hydrogen-bond acceptors (Lipinski definition) is 3. The number of carbonyl (C=O) groups excluding carboxylic acids is 1. The first-order valence-electron chi connectivity index (χ1n) is 8.48. The molecule has 3 heterocycles. The Morgan fingerprint density at radius 3 is 2.73 bits per heavy atom. The number of nitrogens with one attached hydrogen (secondary N) is 1. The highest BCUT2D eigenvalue weighted by Gasteiger charge is 2.66. The molecule has 1 aliphatic carbocycles. The fourth-order valence-electron chi connectivity index (χ4n) is 4.79. The van der Waals surface area contributed by atoms with Crippen LogP contribution in [0.3, 0.4) is 0 Å². The number of piperidine rings is 1. The summed E-state index contributed by atoms with van der Waals surface area (Å²) in [5.41, 5.74) is 2.11. The summed E-state index contributed by atoms with van der Waals surface area (Å²) in [6, 6.07) is 10.2. The van der Waals surface area contributed by atoms with Gasteiger partial charge in [-0.05, 0) is 29.9 Å². The van der Waals surface area contributed by atoms with Crippen LogP contribution in [0.1, 0.15) is 35.7 Å². The van der Waals surface area contributed by atoms with E-state index in [1.165, 1.54) is 5.56 Å². The summed E-state index contributed by atoms with van der Waals surface area (Å²) in [7, 11) is 0. The normalized spacial score (nSPS) is 38.8. The van der Waals surface area contributed by atoms with E-state index in [2.05, 4.69) is 48.3 Å². The maximum Gasteiger partial charge on any atom is 0.150 e. The Labute approximate surface area is 132 Å². The molecule has 0 radical (unpaired) electrons. The minimum atomic E-state index is 0.509. The van der Waals surface area contributed by atoms with Gasteiger partial charge in [-0.2, -0.15) is 0 Å². The van der Waals surface area contributed by atoms with E-state index < -0.39 is 0 Å². The lowest BCUT2D eigenvalue weighted by Crippen LogP contribution is -2.39. The average molecular weight is 296 g/mol. The quantitative estimate of drug-likeness (QED) is 0.497. The zero-order valence-electron chi connectivity index (χ0n) is 13.3. The number of rotatable bonds is 6. The largest absolute Gasteiger partial charge is 0.317 e. The van der Waals surface area contributed by atoms with E-state index in [1.807, 2.05) is 12.1 Å². The molecule has 0 spiro atoms. The Bertz CT molecular complexity index is 594. The Balaban J connectivity index is 1.55. The Morgan fingerprint density at radius 2 is 2.05 bits per heavy atom. The second-order valence-corrected chi connectivity index (χ2v) is 6.93. The van der Waals surface area contributed by atoms with Gasteiger partial charge in [-0.1, -0.05) is 50.3 Å². The van der Waals surface area contributed by atoms with Crippen molar-refractivity contribution in [3.8, 4) is 0 Å². The third-order valence-corrected chi connectivity index (χ3v) is 5.89. The van der Waals surface area contributed by atoms with E-state index in [9.17, 15) is 4.79 Å². The van der Waals surface area contributed by atoms with E-state index in [-0.39, 0.29) is 0 Å². The van der Waals surface area contributed by atoms with Crippen molar-refractivity contribution in [3.63, 3.8) is 0 Å². The molecule has 3 heteroatoms. The first-order chi connectivity index (χ1) is 10.8. The van der Waals surface area contributed by atoms with Crippen molar-refractivity contribution in [2.45, 2.75) is 37.9 Å². The zero-order valence-corrected chi connectivity index (χ0v) is 13.3. The van der Waals surface area contributed by atoms with Crippen LogP contribution in [0.4, 0.5) is 0 Å². The van der Waals surface area contributed by atoms with E-state index >= 15 is 0 Å². The molecule has 1 aromatic rings. The number of carbonyl (C=O) groups is 1. The van der Waals surface area contributed by atoms with Crippen LogP contribution in [0.2, 0.25) is 0 Å². The monoisotopic (exact) mass is 296 g/mol. The Hall–Kier alpha value is -1.45. The minimum absolute atomic E-state index is 0.509. The van der Waals surface area contributed by atoms with Crippen LogP contribution in [0.5, 0.6) is 0 Å². The number of hydrogen-bond donors (Lipinski definition) is 1. The van der Waals surface area contributed by atoms with Gasteiger partial charge < -0.3 is 5.32 Å². The third-order valence-electron chi connectivity index (χ3n) is 5.89. The van der Waals surface area contributed by atoms with Crippen molar-refractivity contribution in [1.82, 2.24) is 10.2 Å². The first kappa shape index (κ1) is 14.2. The maximum absolute atomic E-state index is 10.8. The fourth-order valence-corrected chi connectivity index (χ4v) is 4.79. The van der Waals surface area contributed by atoms with Gasteiger partial charge in [-0.3, -0.25) is 9.69 Å². The highest BCUT2D eigenvalue weighted by Crippen LogP contribution is 2.57. The SMILES string of the molecule is CCNCC1C2C=CC3C1N3C2C(C)c1ccc(C=O)cc1. The van der Waals surface area contributed by atoms with Crippen LogP contribution in [0.25, 0.3) is 0 Å². The van der Waals surface area contributed by atoms with Gasteiger partial charge in [0.15, 0.2) is 0 Å². The molecule has 3 aliphatic heterocycles. The summed E-state index contributed by atoms with van der Waals surface area (Å²) in [5, 5.41) is 3.55. The molecule has 116 valence electrons. The molecule has 3 nitrogen and oxygen atoms in total. The molecule has 4 aliphatic rings. The third kappa shape index (κ3) is 1.99. The minimum Gasteiger partial charge on any atom is -0.317 e. The smallest absolute Gasteiger partial charge is 0.150 e. The van der Waals surface area contributed by atoms with Crippen LogP contribution >= 0.6 is 0 Å². The second kappa shape index (κ2) is 5.32. The van der Waals surface area contributed by atoms with Crippen molar-refractivity contribution in [2.24, 2.45) is 11.8 Å². The molecule has 0 amide bonds. The van der Waals surface area contributed by atoms with E-state index in [0.29, 0.717) is 23.9 Å². The molecule has 22 heavy (non-hydrogen) atoms. The van der Waals surface area contributed by atoms with Gasteiger partial charge in [0.05, 0.1) is 0 Å². The van der Waals surface area contributed by atoms with Gasteiger partial charge in [0, 0.05) is 30.2 Å². The number of benzene rings is 1. The summed E-state index contributed by atoms with van der Waals surface area (Å²) in [6.45, 7) is 6.71. The van der Waals surface area contributed by atoms with Crippen LogP contribution in [-0.4, -0.2) is 42.4 Å². The first-order valence-corrected chi connectivity index (χ1v) is 8.48. The molecule has 0 aromatic heterocycles. The summed E-state index contributed by atoms with van der Waals surface area (Å²) >= 11 is 0. The fraction of sp³-hybridized carbons (Fsp3) is 0.526. The van der Waals surface area contributed by atoms with Gasteiger partial charge in [0.1, 0.15) is 6.29 Å². The molecule has 2 fully saturated rings. The average Bonchev–Trinajstić information content (AvgIpc) is 3.23. The van der Waals surface area contributed by atoms with Crippen molar-refractivity contribution in [3.05, 3.63) is 47.5 Å². The Morgan fingerprint density at radius 1 is 1.27 bits per heavy atom. The molecule has 7 unspecified atom stereocenters. The van der Waals surface area contributed by atoms with Crippen molar-refractivity contribution >= 4 is 6.29 Å². The van der Waals surface area contributed by atoms with Crippen LogP contribution in [0, 0.1) is 11.8 Å². The van der Waals surface area contributed by atoms with Gasteiger partial charge >= 0.3 is 0 Å². The van der Waals surface area contributed by atoms with E-state index in [1.54, 1.807) is 0 Å². The Kier molecular flexibility index (Phi) is 3.43. The molecule has 1 aromatic carbocycles. The van der Waals surface area contributed by atoms with Gasteiger partial charge in [-0.25, -0.2) is 0 Å². The van der Waals surface area contributed by atoms with Gasteiger partial charge in [-0.15, -0.1) is 0 Å². The van der Waals surface area contributed by atoms with Gasteiger partial charge in [0.2, 0.25) is 0 Å². The second-order valence-electron chi connectivity index (χ2n) is 6.93. The molecule has 5 rings (SSSR count). The molecule has 1 N–H and O–H groups in total. The van der Waals surface area contributed by atoms with E-state index in [4.69, 9.17) is 0 Å². The molecule has 0 saturated carbocycles. The van der Waals surface area contributed by atoms with Crippen LogP contribution in [0.15, 0.2) is 36.4 Å². The molecule has 7 atom stereocenters. The number of nitrogens with zero attached hydrogens (tertiary/aromatic N) is 1. The predicted octanol–water partition coefficient (Wildman–Crippen LogP) is 2.45. The molecule has 2 saturated heterocycles. The standard InChI is InChI=1S/C19H24N2O/c1-3-20-10-16-15-8-9-17-19(16)21(17)18(15)12(2)14-6-4-13(11-22)5-7-14/h4-9,11-12,15-20H,3,10H2,1-2H3. The molecular weight excluding hydrogens is 272 g/mol. The predicted molar refractivity (Wildman–Crippen MR) is 88.1 cm³/mol. The lowest BCUT2D eigenvalue weighted by Gasteiger charge is -2.34. The summed E-state index contributed by atoms with van der Waals surface area (Å²) < 4.78 is 0. The van der Waals surface area contributed by atoms with Gasteiger partial charge in [0.25, 0.3) is 0 Å². The van der Waals surface area contributed by atoms with Crippen molar-refractivity contribution < 1.29 is 4.79 Å². The summed E-state index contributed by atoms with van der Waals surface area (Å²) in [5.74, 6) is 1.93.